The first-order chi connectivity index (χ1) is 15.1. The van der Waals surface area contributed by atoms with Gasteiger partial charge in [-0.15, -0.1) is 0 Å². The van der Waals surface area contributed by atoms with Crippen molar-refractivity contribution in [3.63, 3.8) is 0 Å². The first-order valence-corrected chi connectivity index (χ1v) is 10.5. The van der Waals surface area contributed by atoms with Crippen molar-refractivity contribution in [2.75, 3.05) is 24.5 Å². The quantitative estimate of drug-likeness (QED) is 0.671. The zero-order valence-corrected chi connectivity index (χ0v) is 17.4. The number of carbonyl (C=O) groups is 2. The average Bonchev–Trinajstić information content (AvgIpc) is 2.81. The molecule has 1 fully saturated rings. The minimum atomic E-state index is -0.885. The second-order valence-electron chi connectivity index (χ2n) is 7.88. The number of hydrogen-bond donors (Lipinski definition) is 1. The highest BCUT2D eigenvalue weighted by Gasteiger charge is 2.44. The van der Waals surface area contributed by atoms with Crippen molar-refractivity contribution in [1.29, 1.82) is 0 Å². The average molecular weight is 415 g/mol. The Bertz CT molecular complexity index is 988. The van der Waals surface area contributed by atoms with Gasteiger partial charge in [-0.25, -0.2) is 0 Å². The molecule has 1 aliphatic rings. The summed E-state index contributed by atoms with van der Waals surface area (Å²) in [6, 6.07) is 24.7. The number of hydrogen-bond acceptors (Lipinski definition) is 4. The smallest absolute Gasteiger partial charge is 0.245 e. The first kappa shape index (κ1) is 20.8. The molecule has 3 aromatic rings. The number of rotatable bonds is 6. The fourth-order valence-corrected chi connectivity index (χ4v) is 4.31. The van der Waals surface area contributed by atoms with Gasteiger partial charge in [0.15, 0.2) is 0 Å². The molecule has 2 heterocycles. The summed E-state index contributed by atoms with van der Waals surface area (Å²) in [6.45, 7) is 1.29. The number of nitrogens with two attached hydrogens (primary N) is 1. The Labute approximate surface area is 182 Å². The molecule has 6 heteroatoms. The van der Waals surface area contributed by atoms with Gasteiger partial charge in [-0.2, -0.15) is 0 Å². The minimum absolute atomic E-state index is 0.0568. The highest BCUT2D eigenvalue weighted by molar-refractivity contribution is 6.01. The number of aromatic nitrogens is 1. The summed E-state index contributed by atoms with van der Waals surface area (Å²) >= 11 is 0. The molecule has 0 bridgehead atoms. The lowest BCUT2D eigenvalue weighted by Crippen LogP contribution is -2.55. The third kappa shape index (κ3) is 4.34. The molecule has 1 unspecified atom stereocenters. The molecule has 4 rings (SSSR count). The van der Waals surface area contributed by atoms with E-state index in [4.69, 9.17) is 5.73 Å². The molecular formula is C25H26N4O2. The molecule has 0 radical (unpaired) electrons. The lowest BCUT2D eigenvalue weighted by Gasteiger charge is -2.40. The first-order valence-electron chi connectivity index (χ1n) is 10.5. The van der Waals surface area contributed by atoms with Crippen molar-refractivity contribution in [3.05, 3.63) is 90.8 Å². The van der Waals surface area contributed by atoms with Crippen LogP contribution in [0.2, 0.25) is 0 Å². The number of nitrogens with zero attached hydrogens (tertiary/aromatic N) is 3. The van der Waals surface area contributed by atoms with Crippen LogP contribution in [-0.4, -0.2) is 41.3 Å². The molecule has 2 amide bonds. The van der Waals surface area contributed by atoms with Crippen LogP contribution >= 0.6 is 0 Å². The van der Waals surface area contributed by atoms with Gasteiger partial charge in [0, 0.05) is 24.1 Å². The summed E-state index contributed by atoms with van der Waals surface area (Å²) in [5.74, 6) is -0.454. The van der Waals surface area contributed by atoms with E-state index in [0.29, 0.717) is 18.7 Å². The third-order valence-corrected chi connectivity index (χ3v) is 5.84. The Morgan fingerprint density at radius 1 is 0.935 bits per heavy atom. The van der Waals surface area contributed by atoms with Crippen molar-refractivity contribution >= 4 is 23.2 Å². The van der Waals surface area contributed by atoms with Crippen LogP contribution in [0.15, 0.2) is 85.1 Å². The molecule has 2 aromatic carbocycles. The molecule has 1 aromatic heterocycles. The highest BCUT2D eigenvalue weighted by Crippen LogP contribution is 2.33. The number of primary amides is 1. The number of pyridine rings is 1. The number of carbonyl (C=O) groups excluding carboxylic acids is 2. The van der Waals surface area contributed by atoms with Crippen molar-refractivity contribution in [1.82, 2.24) is 9.88 Å². The van der Waals surface area contributed by atoms with Crippen LogP contribution in [-0.2, 0) is 15.0 Å². The number of piperidine rings is 1. The van der Waals surface area contributed by atoms with Gasteiger partial charge in [0.2, 0.25) is 11.8 Å². The van der Waals surface area contributed by atoms with Gasteiger partial charge in [-0.3, -0.25) is 24.4 Å². The molecule has 0 saturated carbocycles. The summed E-state index contributed by atoms with van der Waals surface area (Å²) in [7, 11) is 0. The molecule has 158 valence electrons. The Balaban J connectivity index is 1.60. The van der Waals surface area contributed by atoms with E-state index in [1.807, 2.05) is 83.8 Å². The summed E-state index contributed by atoms with van der Waals surface area (Å²) in [6.07, 6.45) is 3.07. The van der Waals surface area contributed by atoms with E-state index in [1.54, 1.807) is 11.1 Å². The van der Waals surface area contributed by atoms with E-state index < -0.39 is 11.3 Å². The maximum Gasteiger partial charge on any atom is 0.245 e. The molecule has 0 aliphatic carbocycles. The van der Waals surface area contributed by atoms with Gasteiger partial charge in [-0.05, 0) is 55.8 Å². The van der Waals surface area contributed by atoms with Crippen LogP contribution < -0.4 is 10.6 Å². The van der Waals surface area contributed by atoms with Gasteiger partial charge in [0.05, 0.1) is 12.2 Å². The summed E-state index contributed by atoms with van der Waals surface area (Å²) in [4.78, 5) is 34.2. The zero-order chi connectivity index (χ0) is 21.7. The van der Waals surface area contributed by atoms with E-state index in [-0.39, 0.29) is 12.5 Å². The summed E-state index contributed by atoms with van der Waals surface area (Å²) < 4.78 is 0. The molecule has 1 aliphatic heterocycles. The molecule has 2 N–H and O–H groups in total. The predicted molar refractivity (Wildman–Crippen MR) is 121 cm³/mol. The lowest BCUT2D eigenvalue weighted by atomic mass is 9.76. The van der Waals surface area contributed by atoms with Gasteiger partial charge in [-0.1, -0.05) is 42.5 Å². The van der Waals surface area contributed by atoms with Crippen LogP contribution in [0.3, 0.4) is 0 Å². The number of likely N-dealkylation sites (tertiary alicyclic amines) is 1. The fraction of sp³-hybridized carbons (Fsp3) is 0.240. The van der Waals surface area contributed by atoms with Crippen molar-refractivity contribution in [2.24, 2.45) is 5.73 Å². The third-order valence-electron chi connectivity index (χ3n) is 5.84. The van der Waals surface area contributed by atoms with Crippen LogP contribution in [0, 0.1) is 0 Å². The van der Waals surface area contributed by atoms with Gasteiger partial charge in [0.1, 0.15) is 5.41 Å². The Morgan fingerprint density at radius 3 is 2.10 bits per heavy atom. The lowest BCUT2D eigenvalue weighted by molar-refractivity contribution is -0.127. The Morgan fingerprint density at radius 2 is 1.55 bits per heavy atom. The molecule has 1 atom stereocenters. The van der Waals surface area contributed by atoms with Gasteiger partial charge < -0.3 is 5.73 Å². The normalized spacial score (nSPS) is 19.0. The van der Waals surface area contributed by atoms with E-state index >= 15 is 0 Å². The molecule has 6 nitrogen and oxygen atoms in total. The number of benzene rings is 2. The van der Waals surface area contributed by atoms with Crippen LogP contribution in [0.1, 0.15) is 18.5 Å². The Hall–Kier alpha value is -3.51. The topological polar surface area (TPSA) is 79.5 Å². The van der Waals surface area contributed by atoms with Crippen molar-refractivity contribution < 1.29 is 9.59 Å². The van der Waals surface area contributed by atoms with E-state index in [0.717, 1.165) is 24.3 Å². The number of amides is 2. The maximum absolute atomic E-state index is 13.5. The predicted octanol–water partition coefficient (Wildman–Crippen LogP) is 3.27. The number of para-hydroxylation sites is 2. The standard InChI is InChI=1S/C25H26N4O2/c26-24(31)25(22-14-7-8-16-27-22)15-9-17-28(19-25)18-23(30)29(20-10-3-1-4-11-20)21-12-5-2-6-13-21/h1-8,10-14,16H,9,15,17-19H2,(H2,26,31). The summed E-state index contributed by atoms with van der Waals surface area (Å²) in [5, 5.41) is 0. The minimum Gasteiger partial charge on any atom is -0.369 e. The zero-order valence-electron chi connectivity index (χ0n) is 17.4. The van der Waals surface area contributed by atoms with Gasteiger partial charge in [0.25, 0.3) is 0 Å². The SMILES string of the molecule is NC(=O)C1(c2ccccn2)CCCN(CC(=O)N(c2ccccc2)c2ccccc2)C1. The summed E-state index contributed by atoms with van der Waals surface area (Å²) in [5.41, 5.74) is 7.27. The van der Waals surface area contributed by atoms with Crippen LogP contribution in [0.5, 0.6) is 0 Å². The highest BCUT2D eigenvalue weighted by atomic mass is 16.2. The fourth-order valence-electron chi connectivity index (χ4n) is 4.31. The monoisotopic (exact) mass is 414 g/mol. The van der Waals surface area contributed by atoms with E-state index in [1.165, 1.54) is 0 Å². The molecular weight excluding hydrogens is 388 g/mol. The second-order valence-corrected chi connectivity index (χ2v) is 7.88. The molecule has 0 spiro atoms. The van der Waals surface area contributed by atoms with Crippen LogP contribution in [0.4, 0.5) is 11.4 Å². The van der Waals surface area contributed by atoms with E-state index in [2.05, 4.69) is 4.98 Å². The van der Waals surface area contributed by atoms with Crippen molar-refractivity contribution in [3.8, 4) is 0 Å². The van der Waals surface area contributed by atoms with E-state index in [9.17, 15) is 9.59 Å². The van der Waals surface area contributed by atoms with Crippen molar-refractivity contribution in [2.45, 2.75) is 18.3 Å². The molecule has 31 heavy (non-hydrogen) atoms. The molecule has 1 saturated heterocycles. The largest absolute Gasteiger partial charge is 0.369 e. The van der Waals surface area contributed by atoms with Crippen LogP contribution in [0.25, 0.3) is 0 Å². The van der Waals surface area contributed by atoms with Gasteiger partial charge >= 0.3 is 0 Å². The second kappa shape index (κ2) is 9.10. The maximum atomic E-state index is 13.5. The number of anilines is 2. The Kier molecular flexibility index (Phi) is 6.09.